The Kier molecular flexibility index (Phi) is 4.35. The highest BCUT2D eigenvalue weighted by atomic mass is 79.9. The first-order chi connectivity index (χ1) is 8.16. The van der Waals surface area contributed by atoms with Gasteiger partial charge < -0.3 is 5.73 Å². The molecule has 1 aromatic carbocycles. The van der Waals surface area contributed by atoms with E-state index in [4.69, 9.17) is 5.73 Å². The van der Waals surface area contributed by atoms with Gasteiger partial charge in [-0.15, -0.1) is 0 Å². The van der Waals surface area contributed by atoms with E-state index >= 15 is 0 Å². The largest absolute Gasteiger partial charge is 0.327 e. The van der Waals surface area contributed by atoms with Gasteiger partial charge in [0.1, 0.15) is 5.78 Å². The molecule has 0 spiro atoms. The Balaban J connectivity index is 1.98. The molecule has 0 aliphatic heterocycles. The van der Waals surface area contributed by atoms with Gasteiger partial charge in [0.2, 0.25) is 0 Å². The van der Waals surface area contributed by atoms with Crippen LogP contribution in [0.4, 0.5) is 0 Å². The van der Waals surface area contributed by atoms with Crippen molar-refractivity contribution in [3.63, 3.8) is 0 Å². The van der Waals surface area contributed by atoms with Gasteiger partial charge in [-0.2, -0.15) is 0 Å². The van der Waals surface area contributed by atoms with E-state index < -0.39 is 0 Å². The fourth-order valence-corrected chi connectivity index (χ4v) is 2.76. The third-order valence-electron chi connectivity index (χ3n) is 3.52. The lowest BCUT2D eigenvalue weighted by Gasteiger charge is -2.27. The number of carbonyl (C=O) groups is 1. The van der Waals surface area contributed by atoms with Gasteiger partial charge in [0.15, 0.2) is 0 Å². The third kappa shape index (κ3) is 3.39. The number of hydrogen-bond donors (Lipinski definition) is 1. The van der Waals surface area contributed by atoms with Crippen LogP contribution in [-0.4, -0.2) is 11.8 Å². The van der Waals surface area contributed by atoms with Gasteiger partial charge >= 0.3 is 0 Å². The number of carbonyl (C=O) groups excluding carboxylic acids is 1. The number of ketones is 1. The van der Waals surface area contributed by atoms with Crippen molar-refractivity contribution in [1.29, 1.82) is 0 Å². The van der Waals surface area contributed by atoms with E-state index in [1.54, 1.807) is 0 Å². The molecule has 0 bridgehead atoms. The van der Waals surface area contributed by atoms with E-state index in [0.29, 0.717) is 12.2 Å². The molecular weight excluding hydrogens is 278 g/mol. The van der Waals surface area contributed by atoms with Crippen molar-refractivity contribution in [3.8, 4) is 0 Å². The first kappa shape index (κ1) is 12.8. The van der Waals surface area contributed by atoms with Crippen LogP contribution >= 0.6 is 15.9 Å². The summed E-state index contributed by atoms with van der Waals surface area (Å²) in [6, 6.07) is 8.02. The molecule has 0 saturated heterocycles. The van der Waals surface area contributed by atoms with Gasteiger partial charge in [0, 0.05) is 22.9 Å². The molecule has 2 atom stereocenters. The molecule has 1 saturated carbocycles. The summed E-state index contributed by atoms with van der Waals surface area (Å²) in [7, 11) is 0. The lowest BCUT2D eigenvalue weighted by Crippen LogP contribution is -2.38. The quantitative estimate of drug-likeness (QED) is 0.931. The first-order valence-corrected chi connectivity index (χ1v) is 6.99. The molecule has 2 unspecified atom stereocenters. The zero-order valence-electron chi connectivity index (χ0n) is 9.86. The summed E-state index contributed by atoms with van der Waals surface area (Å²) in [6.45, 7) is 0. The number of nitrogens with two attached hydrogens (primary N) is 1. The zero-order chi connectivity index (χ0) is 12.3. The van der Waals surface area contributed by atoms with Crippen LogP contribution in [0.3, 0.4) is 0 Å². The molecule has 1 fully saturated rings. The van der Waals surface area contributed by atoms with Gasteiger partial charge in [0.25, 0.3) is 0 Å². The number of benzene rings is 1. The molecular formula is C14H18BrNO. The van der Waals surface area contributed by atoms with E-state index in [-0.39, 0.29) is 12.0 Å². The van der Waals surface area contributed by atoms with E-state index in [9.17, 15) is 4.79 Å². The summed E-state index contributed by atoms with van der Waals surface area (Å²) in [4.78, 5) is 12.2. The molecule has 3 heteroatoms. The molecule has 2 rings (SSSR count). The second kappa shape index (κ2) is 5.78. The van der Waals surface area contributed by atoms with Crippen molar-refractivity contribution >= 4 is 21.7 Å². The minimum absolute atomic E-state index is 0.0756. The summed E-state index contributed by atoms with van der Waals surface area (Å²) >= 11 is 3.39. The summed E-state index contributed by atoms with van der Waals surface area (Å²) in [5.74, 6) is 0.381. The van der Waals surface area contributed by atoms with Crippen LogP contribution < -0.4 is 5.73 Å². The molecule has 17 heavy (non-hydrogen) atoms. The van der Waals surface area contributed by atoms with Gasteiger partial charge in [-0.3, -0.25) is 4.79 Å². The number of rotatable bonds is 3. The van der Waals surface area contributed by atoms with Crippen LogP contribution in [0, 0.1) is 5.92 Å². The Morgan fingerprint density at radius 2 is 1.88 bits per heavy atom. The monoisotopic (exact) mass is 295 g/mol. The van der Waals surface area contributed by atoms with Gasteiger partial charge in [-0.05, 0) is 30.5 Å². The topological polar surface area (TPSA) is 43.1 Å². The number of hydrogen-bond acceptors (Lipinski definition) is 2. The Morgan fingerprint density at radius 1 is 1.24 bits per heavy atom. The molecule has 1 aliphatic carbocycles. The van der Waals surface area contributed by atoms with E-state index in [0.717, 1.165) is 29.3 Å². The Hall–Kier alpha value is -0.670. The maximum Gasteiger partial charge on any atom is 0.141 e. The summed E-state index contributed by atoms with van der Waals surface area (Å²) in [6.07, 6.45) is 4.80. The summed E-state index contributed by atoms with van der Waals surface area (Å²) in [5, 5.41) is 0. The highest BCUT2D eigenvalue weighted by Gasteiger charge is 2.27. The van der Waals surface area contributed by atoms with Crippen molar-refractivity contribution in [2.45, 2.75) is 38.1 Å². The molecule has 0 amide bonds. The molecule has 92 valence electrons. The standard InChI is InChI=1S/C14H18BrNO/c15-11-7-5-10(6-8-11)9-14(17)12-3-1-2-4-13(12)16/h5-8,12-13H,1-4,9,16H2. The molecule has 2 N–H and O–H groups in total. The van der Waals surface area contributed by atoms with Crippen LogP contribution in [0.25, 0.3) is 0 Å². The zero-order valence-corrected chi connectivity index (χ0v) is 11.4. The fraction of sp³-hybridized carbons (Fsp3) is 0.500. The maximum atomic E-state index is 12.2. The predicted molar refractivity (Wildman–Crippen MR) is 72.8 cm³/mol. The van der Waals surface area contributed by atoms with E-state index in [1.807, 2.05) is 24.3 Å². The van der Waals surface area contributed by atoms with Gasteiger partial charge in [-0.1, -0.05) is 40.9 Å². The van der Waals surface area contributed by atoms with Gasteiger partial charge in [0.05, 0.1) is 0 Å². The van der Waals surface area contributed by atoms with Crippen molar-refractivity contribution < 1.29 is 4.79 Å². The normalized spacial score (nSPS) is 24.6. The molecule has 1 aliphatic rings. The molecule has 0 aromatic heterocycles. The smallest absolute Gasteiger partial charge is 0.141 e. The van der Waals surface area contributed by atoms with Crippen LogP contribution in [0.2, 0.25) is 0 Å². The van der Waals surface area contributed by atoms with E-state index in [1.165, 1.54) is 6.42 Å². The SMILES string of the molecule is NC1CCCCC1C(=O)Cc1ccc(Br)cc1. The minimum atomic E-state index is 0.0756. The maximum absolute atomic E-state index is 12.2. The van der Waals surface area contributed by atoms with Crippen LogP contribution in [0.1, 0.15) is 31.2 Å². The Morgan fingerprint density at radius 3 is 2.53 bits per heavy atom. The second-order valence-corrected chi connectivity index (χ2v) is 5.74. The highest BCUT2D eigenvalue weighted by molar-refractivity contribution is 9.10. The lowest BCUT2D eigenvalue weighted by molar-refractivity contribution is -0.123. The average molecular weight is 296 g/mol. The van der Waals surface area contributed by atoms with Crippen LogP contribution in [0.15, 0.2) is 28.7 Å². The van der Waals surface area contributed by atoms with E-state index in [2.05, 4.69) is 15.9 Å². The average Bonchev–Trinajstić information content (AvgIpc) is 2.32. The van der Waals surface area contributed by atoms with Crippen LogP contribution in [-0.2, 0) is 11.2 Å². The highest BCUT2D eigenvalue weighted by Crippen LogP contribution is 2.25. The number of halogens is 1. The molecule has 1 aromatic rings. The third-order valence-corrected chi connectivity index (χ3v) is 4.05. The van der Waals surface area contributed by atoms with Crippen molar-refractivity contribution in [3.05, 3.63) is 34.3 Å². The summed E-state index contributed by atoms with van der Waals surface area (Å²) in [5.41, 5.74) is 7.11. The Labute approximate surface area is 111 Å². The molecule has 2 nitrogen and oxygen atoms in total. The predicted octanol–water partition coefficient (Wildman–Crippen LogP) is 3.08. The summed E-state index contributed by atoms with van der Waals surface area (Å²) < 4.78 is 1.04. The van der Waals surface area contributed by atoms with Gasteiger partial charge in [-0.25, -0.2) is 0 Å². The van der Waals surface area contributed by atoms with Crippen molar-refractivity contribution in [2.24, 2.45) is 11.7 Å². The van der Waals surface area contributed by atoms with Crippen LogP contribution in [0.5, 0.6) is 0 Å². The fourth-order valence-electron chi connectivity index (χ4n) is 2.49. The Bertz CT molecular complexity index is 388. The van der Waals surface area contributed by atoms with Crippen molar-refractivity contribution in [2.75, 3.05) is 0 Å². The lowest BCUT2D eigenvalue weighted by atomic mass is 9.81. The second-order valence-electron chi connectivity index (χ2n) is 4.82. The molecule has 0 heterocycles. The molecule has 0 radical (unpaired) electrons. The van der Waals surface area contributed by atoms with Crippen molar-refractivity contribution in [1.82, 2.24) is 0 Å². The minimum Gasteiger partial charge on any atom is -0.327 e. The number of Topliss-reactive ketones (excluding diaryl/α,β-unsaturated/α-hetero) is 1. The first-order valence-electron chi connectivity index (χ1n) is 6.19.